The van der Waals surface area contributed by atoms with Crippen molar-refractivity contribution in [1.29, 1.82) is 0 Å². The molecule has 0 saturated carbocycles. The summed E-state index contributed by atoms with van der Waals surface area (Å²) in [5, 5.41) is 10.0. The van der Waals surface area contributed by atoms with Gasteiger partial charge in [-0.1, -0.05) is 170 Å². The van der Waals surface area contributed by atoms with E-state index in [1.54, 1.807) is 0 Å². The van der Waals surface area contributed by atoms with E-state index in [1.165, 1.54) is 76.5 Å². The van der Waals surface area contributed by atoms with E-state index in [4.69, 9.17) is 0 Å². The SMILES string of the molecule is c1ccc(N(c2ccccc2)c2ccc(-c3ccc4c(-c5cccc6ccccc56)c5ccccc5c(-c5cccc6ccccc56)c4c3)cc2)cc1. The molecule has 0 amide bonds. The summed E-state index contributed by atoms with van der Waals surface area (Å²) in [6, 6.07) is 77.2. The Morgan fingerprint density at radius 3 is 1.19 bits per heavy atom. The minimum Gasteiger partial charge on any atom is -0.311 e. The standard InChI is InChI=1S/C52H35N/c1-3-19-40(20-4-1)53(41-21-5-2-6-22-41)42-32-29-36(30-33-42)39-31-34-49-50(35-39)52(46-28-14-18-38-16-8-10-24-44(38)46)48-26-12-11-25-47(48)51(49)45-27-13-17-37-15-7-9-23-43(37)45/h1-35H. The third-order valence-electron chi connectivity index (χ3n) is 10.6. The van der Waals surface area contributed by atoms with Crippen molar-refractivity contribution in [3.05, 3.63) is 212 Å². The maximum Gasteiger partial charge on any atom is 0.0462 e. The van der Waals surface area contributed by atoms with Gasteiger partial charge in [0.25, 0.3) is 0 Å². The monoisotopic (exact) mass is 673 g/mol. The van der Waals surface area contributed by atoms with Crippen molar-refractivity contribution in [2.45, 2.75) is 0 Å². The lowest BCUT2D eigenvalue weighted by atomic mass is 9.83. The first-order valence-electron chi connectivity index (χ1n) is 18.3. The van der Waals surface area contributed by atoms with Crippen molar-refractivity contribution in [2.75, 3.05) is 4.90 Å². The van der Waals surface area contributed by atoms with E-state index in [1.807, 2.05) is 0 Å². The molecule has 0 heterocycles. The Hall–Kier alpha value is -6.96. The second-order valence-electron chi connectivity index (χ2n) is 13.7. The van der Waals surface area contributed by atoms with Gasteiger partial charge >= 0.3 is 0 Å². The largest absolute Gasteiger partial charge is 0.311 e. The van der Waals surface area contributed by atoms with E-state index in [-0.39, 0.29) is 0 Å². The average Bonchev–Trinajstić information content (AvgIpc) is 3.23. The molecule has 0 fully saturated rings. The molecule has 0 N–H and O–H groups in total. The molecule has 0 aromatic heterocycles. The van der Waals surface area contributed by atoms with Crippen LogP contribution < -0.4 is 4.90 Å². The van der Waals surface area contributed by atoms with Gasteiger partial charge < -0.3 is 4.90 Å². The molecule has 53 heavy (non-hydrogen) atoms. The zero-order valence-electron chi connectivity index (χ0n) is 29.2. The molecule has 1 heteroatoms. The highest BCUT2D eigenvalue weighted by atomic mass is 15.1. The molecule has 0 aliphatic carbocycles. The van der Waals surface area contributed by atoms with Crippen LogP contribution in [0.5, 0.6) is 0 Å². The summed E-state index contributed by atoms with van der Waals surface area (Å²) in [7, 11) is 0. The fourth-order valence-electron chi connectivity index (χ4n) is 8.23. The molecule has 1 nitrogen and oxygen atoms in total. The van der Waals surface area contributed by atoms with Gasteiger partial charge in [-0.25, -0.2) is 0 Å². The van der Waals surface area contributed by atoms with Gasteiger partial charge in [0.2, 0.25) is 0 Å². The summed E-state index contributed by atoms with van der Waals surface area (Å²) in [4.78, 5) is 2.31. The zero-order chi connectivity index (χ0) is 35.1. The van der Waals surface area contributed by atoms with Crippen LogP contribution in [0.15, 0.2) is 212 Å². The maximum absolute atomic E-state index is 2.43. The van der Waals surface area contributed by atoms with Gasteiger partial charge in [0.05, 0.1) is 0 Å². The first-order valence-corrected chi connectivity index (χ1v) is 18.3. The lowest BCUT2D eigenvalue weighted by molar-refractivity contribution is 1.28. The van der Waals surface area contributed by atoms with Crippen LogP contribution in [0.1, 0.15) is 0 Å². The summed E-state index contributed by atoms with van der Waals surface area (Å²) in [5.41, 5.74) is 10.8. The van der Waals surface area contributed by atoms with Crippen molar-refractivity contribution in [1.82, 2.24) is 0 Å². The highest BCUT2D eigenvalue weighted by Gasteiger charge is 2.20. The molecule has 0 aliphatic rings. The third kappa shape index (κ3) is 5.34. The van der Waals surface area contributed by atoms with E-state index in [0.717, 1.165) is 17.1 Å². The van der Waals surface area contributed by atoms with Crippen LogP contribution in [0, 0.1) is 0 Å². The Balaban J connectivity index is 1.22. The van der Waals surface area contributed by atoms with Gasteiger partial charge in [-0.3, -0.25) is 0 Å². The molecule has 0 aliphatic heterocycles. The highest BCUT2D eigenvalue weighted by molar-refractivity contribution is 6.25. The first kappa shape index (κ1) is 30.8. The van der Waals surface area contributed by atoms with Gasteiger partial charge in [-0.15, -0.1) is 0 Å². The summed E-state index contributed by atoms with van der Waals surface area (Å²) in [6.07, 6.45) is 0. The number of fused-ring (bicyclic) bond motifs is 4. The normalized spacial score (nSPS) is 11.4. The van der Waals surface area contributed by atoms with Gasteiger partial charge in [-0.2, -0.15) is 0 Å². The van der Waals surface area contributed by atoms with Crippen molar-refractivity contribution in [3.63, 3.8) is 0 Å². The average molecular weight is 674 g/mol. The van der Waals surface area contributed by atoms with Crippen LogP contribution in [0.2, 0.25) is 0 Å². The minimum atomic E-state index is 1.12. The van der Waals surface area contributed by atoms with Crippen LogP contribution in [0.4, 0.5) is 17.1 Å². The molecule has 0 spiro atoms. The molecule has 0 radical (unpaired) electrons. The number of benzene rings is 10. The molecule has 248 valence electrons. The lowest BCUT2D eigenvalue weighted by Crippen LogP contribution is -2.09. The predicted octanol–water partition coefficient (Wildman–Crippen LogP) is 14.8. The second kappa shape index (κ2) is 13.0. The molecule has 0 unspecified atom stereocenters. The van der Waals surface area contributed by atoms with E-state index in [9.17, 15) is 0 Å². The van der Waals surface area contributed by atoms with Crippen LogP contribution in [0.25, 0.3) is 76.5 Å². The zero-order valence-corrected chi connectivity index (χ0v) is 29.2. The number of rotatable bonds is 6. The van der Waals surface area contributed by atoms with E-state index in [0.29, 0.717) is 0 Å². The molecule has 10 aromatic carbocycles. The van der Waals surface area contributed by atoms with Crippen molar-refractivity contribution >= 4 is 60.2 Å². The number of hydrogen-bond donors (Lipinski definition) is 0. The lowest BCUT2D eigenvalue weighted by Gasteiger charge is -2.25. The topological polar surface area (TPSA) is 3.24 Å². The predicted molar refractivity (Wildman–Crippen MR) is 227 cm³/mol. The molecule has 10 rings (SSSR count). The van der Waals surface area contributed by atoms with Crippen LogP contribution in [-0.2, 0) is 0 Å². The smallest absolute Gasteiger partial charge is 0.0462 e. The summed E-state index contributed by atoms with van der Waals surface area (Å²) in [5.74, 6) is 0. The van der Waals surface area contributed by atoms with Gasteiger partial charge in [0.1, 0.15) is 0 Å². The van der Waals surface area contributed by atoms with Gasteiger partial charge in [0, 0.05) is 17.1 Å². The molecular weight excluding hydrogens is 639 g/mol. The summed E-state index contributed by atoms with van der Waals surface area (Å²) < 4.78 is 0. The Kier molecular flexibility index (Phi) is 7.55. The quantitative estimate of drug-likeness (QED) is 0.159. The maximum atomic E-state index is 2.43. The molecular formula is C52H35N. The molecule has 0 bridgehead atoms. The molecule has 0 saturated heterocycles. The number of nitrogens with zero attached hydrogens (tertiary/aromatic N) is 1. The van der Waals surface area contributed by atoms with Crippen molar-refractivity contribution in [2.24, 2.45) is 0 Å². The number of hydrogen-bond acceptors (Lipinski definition) is 1. The number of para-hydroxylation sites is 2. The number of anilines is 3. The fraction of sp³-hybridized carbons (Fsp3) is 0. The molecule has 10 aromatic rings. The van der Waals surface area contributed by atoms with Crippen molar-refractivity contribution < 1.29 is 0 Å². The van der Waals surface area contributed by atoms with Crippen LogP contribution >= 0.6 is 0 Å². The van der Waals surface area contributed by atoms with E-state index < -0.39 is 0 Å². The van der Waals surface area contributed by atoms with Crippen LogP contribution in [0.3, 0.4) is 0 Å². The second-order valence-corrected chi connectivity index (χ2v) is 13.7. The Bertz CT molecular complexity index is 2880. The molecule has 0 atom stereocenters. The van der Waals surface area contributed by atoms with E-state index >= 15 is 0 Å². The highest BCUT2D eigenvalue weighted by Crippen LogP contribution is 2.47. The van der Waals surface area contributed by atoms with Gasteiger partial charge in [0.15, 0.2) is 0 Å². The minimum absolute atomic E-state index is 1.12. The summed E-state index contributed by atoms with van der Waals surface area (Å²) in [6.45, 7) is 0. The van der Waals surface area contributed by atoms with E-state index in [2.05, 4.69) is 217 Å². The fourth-order valence-corrected chi connectivity index (χ4v) is 8.23. The Labute approximate surface area is 309 Å². The van der Waals surface area contributed by atoms with Crippen LogP contribution in [-0.4, -0.2) is 0 Å². The summed E-state index contributed by atoms with van der Waals surface area (Å²) >= 11 is 0. The van der Waals surface area contributed by atoms with Crippen molar-refractivity contribution in [3.8, 4) is 33.4 Å². The van der Waals surface area contributed by atoms with Gasteiger partial charge in [-0.05, 0) is 119 Å². The Morgan fingerprint density at radius 1 is 0.245 bits per heavy atom. The third-order valence-corrected chi connectivity index (χ3v) is 10.6. The Morgan fingerprint density at radius 2 is 0.642 bits per heavy atom. The first-order chi connectivity index (χ1) is 26.3.